The first kappa shape index (κ1) is 16.2. The molecule has 0 aromatic heterocycles. The fraction of sp³-hybridized carbons (Fsp3) is 0.867. The molecule has 0 aromatic carbocycles. The third-order valence-electron chi connectivity index (χ3n) is 4.55. The van der Waals surface area contributed by atoms with Crippen LogP contribution in [-0.4, -0.2) is 62.7 Å². The van der Waals surface area contributed by atoms with Gasteiger partial charge < -0.3 is 20.3 Å². The van der Waals surface area contributed by atoms with E-state index in [1.165, 1.54) is 30.6 Å². The van der Waals surface area contributed by atoms with Crippen LogP contribution < -0.4 is 10.6 Å². The molecule has 1 heterocycles. The number of methoxy groups -OCH3 is 1. The molecule has 6 nitrogen and oxygen atoms in total. The molecular formula is C15H27N3O3. The van der Waals surface area contributed by atoms with Gasteiger partial charge in [-0.3, -0.25) is 9.59 Å². The van der Waals surface area contributed by atoms with E-state index in [0.717, 1.165) is 6.42 Å². The number of carbonyl (C=O) groups excluding carboxylic acids is 2. The molecule has 21 heavy (non-hydrogen) atoms. The highest BCUT2D eigenvalue weighted by Crippen LogP contribution is 2.33. The molecule has 1 aliphatic carbocycles. The van der Waals surface area contributed by atoms with Crippen molar-refractivity contribution >= 4 is 11.8 Å². The first-order chi connectivity index (χ1) is 10.1. The number of carbonyl (C=O) groups is 2. The molecule has 2 fully saturated rings. The van der Waals surface area contributed by atoms with Crippen molar-refractivity contribution in [2.45, 2.75) is 44.2 Å². The van der Waals surface area contributed by atoms with E-state index >= 15 is 0 Å². The van der Waals surface area contributed by atoms with Crippen molar-refractivity contribution in [1.29, 1.82) is 0 Å². The van der Waals surface area contributed by atoms with Crippen LogP contribution in [0.5, 0.6) is 0 Å². The summed E-state index contributed by atoms with van der Waals surface area (Å²) in [4.78, 5) is 25.7. The van der Waals surface area contributed by atoms with E-state index in [1.54, 1.807) is 14.2 Å². The molecule has 1 saturated heterocycles. The normalized spacial score (nSPS) is 28.0. The van der Waals surface area contributed by atoms with Gasteiger partial charge in [0.25, 0.3) is 0 Å². The summed E-state index contributed by atoms with van der Waals surface area (Å²) in [5.74, 6) is 0.529. The average molecular weight is 297 g/mol. The lowest BCUT2D eigenvalue weighted by molar-refractivity contribution is -0.136. The summed E-state index contributed by atoms with van der Waals surface area (Å²) in [6.07, 6.45) is 5.85. The van der Waals surface area contributed by atoms with E-state index in [2.05, 4.69) is 10.6 Å². The maximum atomic E-state index is 12.4. The first-order valence-electron chi connectivity index (χ1n) is 7.88. The third kappa shape index (κ3) is 4.41. The Kier molecular flexibility index (Phi) is 5.99. The Bertz CT molecular complexity index is 361. The zero-order valence-electron chi connectivity index (χ0n) is 13.1. The van der Waals surface area contributed by atoms with Crippen LogP contribution in [0.1, 0.15) is 32.1 Å². The standard InChI is InChI=1S/C15H27N3O3/c1-18(10-14(19)16-7-8-21-2)15(20)13-9-11-5-3-4-6-12(11)17-13/h11-13,17H,3-10H2,1-2H3,(H,16,19). The lowest BCUT2D eigenvalue weighted by atomic mass is 9.85. The van der Waals surface area contributed by atoms with Crippen molar-refractivity contribution in [3.63, 3.8) is 0 Å². The van der Waals surface area contributed by atoms with Gasteiger partial charge in [-0.1, -0.05) is 12.8 Å². The number of fused-ring (bicyclic) bond motifs is 1. The zero-order chi connectivity index (χ0) is 15.2. The van der Waals surface area contributed by atoms with Gasteiger partial charge in [0.15, 0.2) is 0 Å². The van der Waals surface area contributed by atoms with Crippen LogP contribution in [0.2, 0.25) is 0 Å². The second-order valence-corrected chi connectivity index (χ2v) is 6.14. The number of nitrogens with zero attached hydrogens (tertiary/aromatic N) is 1. The molecule has 2 rings (SSSR count). The minimum Gasteiger partial charge on any atom is -0.383 e. The van der Waals surface area contributed by atoms with Crippen LogP contribution in [0.4, 0.5) is 0 Å². The smallest absolute Gasteiger partial charge is 0.239 e. The fourth-order valence-electron chi connectivity index (χ4n) is 3.42. The van der Waals surface area contributed by atoms with Gasteiger partial charge in [-0.05, 0) is 25.2 Å². The van der Waals surface area contributed by atoms with Gasteiger partial charge in [0.1, 0.15) is 0 Å². The summed E-state index contributed by atoms with van der Waals surface area (Å²) in [6.45, 7) is 1.07. The molecular weight excluding hydrogens is 270 g/mol. The maximum Gasteiger partial charge on any atom is 0.239 e. The fourth-order valence-corrected chi connectivity index (χ4v) is 3.42. The molecule has 120 valence electrons. The summed E-state index contributed by atoms with van der Waals surface area (Å²) in [6, 6.07) is 0.381. The van der Waals surface area contributed by atoms with E-state index in [-0.39, 0.29) is 24.4 Å². The van der Waals surface area contributed by atoms with Gasteiger partial charge in [0.05, 0.1) is 19.2 Å². The largest absolute Gasteiger partial charge is 0.383 e. The minimum atomic E-state index is -0.140. The molecule has 2 N–H and O–H groups in total. The van der Waals surface area contributed by atoms with Gasteiger partial charge in [-0.2, -0.15) is 0 Å². The molecule has 2 amide bonds. The molecule has 0 radical (unpaired) electrons. The molecule has 6 heteroatoms. The van der Waals surface area contributed by atoms with E-state index < -0.39 is 0 Å². The van der Waals surface area contributed by atoms with Crippen molar-refractivity contribution in [3.8, 4) is 0 Å². The Labute approximate surface area is 126 Å². The number of nitrogens with one attached hydrogen (secondary N) is 2. The summed E-state index contributed by atoms with van der Waals surface area (Å²) in [5.41, 5.74) is 0. The molecule has 1 saturated carbocycles. The summed E-state index contributed by atoms with van der Waals surface area (Å²) >= 11 is 0. The molecule has 0 bridgehead atoms. The van der Waals surface area contributed by atoms with Crippen LogP contribution >= 0.6 is 0 Å². The molecule has 2 aliphatic rings. The molecule has 3 atom stereocenters. The van der Waals surface area contributed by atoms with E-state index in [4.69, 9.17) is 4.74 Å². The van der Waals surface area contributed by atoms with Crippen molar-refractivity contribution in [1.82, 2.24) is 15.5 Å². The van der Waals surface area contributed by atoms with Crippen LogP contribution in [0.15, 0.2) is 0 Å². The SMILES string of the molecule is COCCNC(=O)CN(C)C(=O)C1CC2CCCCC2N1. The second-order valence-electron chi connectivity index (χ2n) is 6.14. The quantitative estimate of drug-likeness (QED) is 0.684. The average Bonchev–Trinajstić information content (AvgIpc) is 2.90. The van der Waals surface area contributed by atoms with Crippen LogP contribution in [-0.2, 0) is 14.3 Å². The van der Waals surface area contributed by atoms with Crippen molar-refractivity contribution in [3.05, 3.63) is 0 Å². The molecule has 0 aromatic rings. The third-order valence-corrected chi connectivity index (χ3v) is 4.55. The number of hydrogen-bond acceptors (Lipinski definition) is 4. The summed E-state index contributed by atoms with van der Waals surface area (Å²) in [5, 5.41) is 6.19. The Balaban J connectivity index is 1.76. The molecule has 0 spiro atoms. The molecule has 3 unspecified atom stereocenters. The van der Waals surface area contributed by atoms with Crippen LogP contribution in [0.25, 0.3) is 0 Å². The minimum absolute atomic E-state index is 0.0336. The van der Waals surface area contributed by atoms with Gasteiger partial charge >= 0.3 is 0 Å². The first-order valence-corrected chi connectivity index (χ1v) is 7.88. The van der Waals surface area contributed by atoms with E-state index in [9.17, 15) is 9.59 Å². The summed E-state index contributed by atoms with van der Waals surface area (Å²) < 4.78 is 4.87. The number of hydrogen-bond donors (Lipinski definition) is 2. The Hall–Kier alpha value is -1.14. The van der Waals surface area contributed by atoms with Crippen LogP contribution in [0, 0.1) is 5.92 Å². The molecule has 1 aliphatic heterocycles. The Morgan fingerprint density at radius 3 is 2.81 bits per heavy atom. The monoisotopic (exact) mass is 297 g/mol. The van der Waals surface area contributed by atoms with E-state index in [0.29, 0.717) is 25.1 Å². The topological polar surface area (TPSA) is 70.7 Å². The number of ether oxygens (including phenoxy) is 1. The van der Waals surface area contributed by atoms with Gasteiger partial charge in [0.2, 0.25) is 11.8 Å². The number of rotatable bonds is 6. The van der Waals surface area contributed by atoms with Gasteiger partial charge in [-0.25, -0.2) is 0 Å². The van der Waals surface area contributed by atoms with Crippen molar-refractivity contribution < 1.29 is 14.3 Å². The van der Waals surface area contributed by atoms with Crippen molar-refractivity contribution in [2.75, 3.05) is 33.9 Å². The van der Waals surface area contributed by atoms with Gasteiger partial charge in [-0.15, -0.1) is 0 Å². The number of amides is 2. The lowest BCUT2D eigenvalue weighted by Gasteiger charge is -2.24. The predicted octanol–water partition coefficient (Wildman–Crippen LogP) is 0.128. The van der Waals surface area contributed by atoms with Crippen LogP contribution in [0.3, 0.4) is 0 Å². The van der Waals surface area contributed by atoms with Crippen molar-refractivity contribution in [2.24, 2.45) is 5.92 Å². The second kappa shape index (κ2) is 7.75. The Morgan fingerprint density at radius 1 is 1.33 bits per heavy atom. The highest BCUT2D eigenvalue weighted by Gasteiger charge is 2.39. The van der Waals surface area contributed by atoms with Gasteiger partial charge in [0, 0.05) is 26.7 Å². The predicted molar refractivity (Wildman–Crippen MR) is 79.8 cm³/mol. The maximum absolute atomic E-state index is 12.4. The lowest BCUT2D eigenvalue weighted by Crippen LogP contribution is -2.47. The highest BCUT2D eigenvalue weighted by molar-refractivity contribution is 5.87. The Morgan fingerprint density at radius 2 is 2.10 bits per heavy atom. The zero-order valence-corrected chi connectivity index (χ0v) is 13.1. The summed E-state index contributed by atoms with van der Waals surface area (Å²) in [7, 11) is 3.29. The van der Waals surface area contributed by atoms with E-state index in [1.807, 2.05) is 0 Å². The highest BCUT2D eigenvalue weighted by atomic mass is 16.5. The number of likely N-dealkylation sites (N-methyl/N-ethyl adjacent to an activating group) is 1.